The minimum absolute atomic E-state index is 0.257. The van der Waals surface area contributed by atoms with Crippen molar-refractivity contribution in [1.82, 2.24) is 4.98 Å². The van der Waals surface area contributed by atoms with Crippen LogP contribution < -0.4 is 11.1 Å². The molecule has 102 valence electrons. The van der Waals surface area contributed by atoms with E-state index in [-0.39, 0.29) is 5.56 Å². The molecule has 6 nitrogen and oxygen atoms in total. The van der Waals surface area contributed by atoms with Crippen LogP contribution >= 0.6 is 0 Å². The molecule has 0 radical (unpaired) electrons. The Labute approximate surface area is 115 Å². The number of primary amides is 1. The number of aryl methyl sites for hydroxylation is 1. The summed E-state index contributed by atoms with van der Waals surface area (Å²) in [5, 5.41) is 12.0. The van der Waals surface area contributed by atoms with Crippen LogP contribution in [0.3, 0.4) is 0 Å². The topological polar surface area (TPSA) is 105 Å². The summed E-state index contributed by atoms with van der Waals surface area (Å²) < 4.78 is 0. The van der Waals surface area contributed by atoms with Crippen molar-refractivity contribution >= 4 is 23.4 Å². The highest BCUT2D eigenvalue weighted by molar-refractivity contribution is 5.92. The first-order valence-electron chi connectivity index (χ1n) is 5.84. The highest BCUT2D eigenvalue weighted by atomic mass is 16.4. The number of carbonyl (C=O) groups is 2. The summed E-state index contributed by atoms with van der Waals surface area (Å²) in [5.41, 5.74) is 7.07. The molecule has 0 aliphatic heterocycles. The first-order chi connectivity index (χ1) is 9.47. The van der Waals surface area contributed by atoms with Crippen molar-refractivity contribution in [2.45, 2.75) is 6.92 Å². The maximum atomic E-state index is 10.9. The number of rotatable bonds is 4. The Bertz CT molecular complexity index is 666. The number of hydrogen-bond acceptors (Lipinski definition) is 4. The van der Waals surface area contributed by atoms with Crippen LogP contribution in [0.15, 0.2) is 36.5 Å². The minimum Gasteiger partial charge on any atom is -0.478 e. The van der Waals surface area contributed by atoms with Gasteiger partial charge in [-0.2, -0.15) is 0 Å². The van der Waals surface area contributed by atoms with Gasteiger partial charge in [0.15, 0.2) is 0 Å². The highest BCUT2D eigenvalue weighted by Crippen LogP contribution is 2.19. The van der Waals surface area contributed by atoms with E-state index in [9.17, 15) is 9.59 Å². The summed E-state index contributed by atoms with van der Waals surface area (Å²) in [7, 11) is 0. The van der Waals surface area contributed by atoms with Crippen LogP contribution in [0.5, 0.6) is 0 Å². The lowest BCUT2D eigenvalue weighted by Crippen LogP contribution is -2.11. The van der Waals surface area contributed by atoms with Crippen molar-refractivity contribution < 1.29 is 14.7 Å². The molecule has 4 N–H and O–H groups in total. The Morgan fingerprint density at radius 1 is 1.25 bits per heavy atom. The van der Waals surface area contributed by atoms with Crippen molar-refractivity contribution in [1.29, 1.82) is 0 Å². The average molecular weight is 271 g/mol. The van der Waals surface area contributed by atoms with Gasteiger partial charge in [-0.05, 0) is 42.8 Å². The van der Waals surface area contributed by atoms with E-state index in [1.807, 2.05) is 0 Å². The number of carboxylic acid groups (broad SMARTS) is 1. The molecule has 6 heteroatoms. The standard InChI is InChI=1S/C14H13N3O3/c1-8-6-10(3-4-11(8)14(19)20)17-12-5-2-9(7-16-12)13(15)18/h2-7H,1H3,(H2,15,18)(H,16,17)(H,19,20). The summed E-state index contributed by atoms with van der Waals surface area (Å²) in [4.78, 5) is 25.9. The maximum absolute atomic E-state index is 10.9. The molecule has 0 aliphatic rings. The molecule has 0 aliphatic carbocycles. The van der Waals surface area contributed by atoms with Gasteiger partial charge in [-0.3, -0.25) is 4.79 Å². The molecule has 1 heterocycles. The van der Waals surface area contributed by atoms with Crippen molar-refractivity contribution in [3.8, 4) is 0 Å². The van der Waals surface area contributed by atoms with Crippen LogP contribution in [-0.4, -0.2) is 22.0 Å². The Morgan fingerprint density at radius 3 is 2.50 bits per heavy atom. The second-order valence-corrected chi connectivity index (χ2v) is 4.26. The Balaban J connectivity index is 2.19. The predicted molar refractivity (Wildman–Crippen MR) is 74.2 cm³/mol. The van der Waals surface area contributed by atoms with Crippen LogP contribution in [0.25, 0.3) is 0 Å². The third-order valence-corrected chi connectivity index (χ3v) is 2.78. The summed E-state index contributed by atoms with van der Waals surface area (Å²) in [6.45, 7) is 1.72. The first-order valence-corrected chi connectivity index (χ1v) is 5.84. The van der Waals surface area contributed by atoms with E-state index in [1.54, 1.807) is 31.2 Å². The van der Waals surface area contributed by atoms with Crippen molar-refractivity contribution in [2.75, 3.05) is 5.32 Å². The molecule has 0 spiro atoms. The van der Waals surface area contributed by atoms with Gasteiger partial charge >= 0.3 is 5.97 Å². The molecule has 2 rings (SSSR count). The molecule has 0 fully saturated rings. The number of pyridine rings is 1. The Kier molecular flexibility index (Phi) is 3.65. The molecule has 1 aromatic carbocycles. The van der Waals surface area contributed by atoms with Gasteiger partial charge in [0, 0.05) is 11.9 Å². The summed E-state index contributed by atoms with van der Waals surface area (Å²) in [6, 6.07) is 8.09. The van der Waals surface area contributed by atoms with E-state index in [2.05, 4.69) is 10.3 Å². The fraction of sp³-hybridized carbons (Fsp3) is 0.0714. The van der Waals surface area contributed by atoms with Gasteiger partial charge in [0.2, 0.25) is 5.91 Å². The molecule has 0 saturated carbocycles. The lowest BCUT2D eigenvalue weighted by Gasteiger charge is -2.08. The minimum atomic E-state index is -0.960. The number of nitrogens with zero attached hydrogens (tertiary/aromatic N) is 1. The monoisotopic (exact) mass is 271 g/mol. The molecule has 2 aromatic rings. The number of carboxylic acids is 1. The maximum Gasteiger partial charge on any atom is 0.335 e. The Hall–Kier alpha value is -2.89. The Morgan fingerprint density at radius 2 is 2.00 bits per heavy atom. The normalized spacial score (nSPS) is 10.1. The molecule has 1 aromatic heterocycles. The molecule has 0 unspecified atom stereocenters. The quantitative estimate of drug-likeness (QED) is 0.788. The van der Waals surface area contributed by atoms with E-state index in [0.29, 0.717) is 22.6 Å². The number of nitrogens with one attached hydrogen (secondary N) is 1. The fourth-order valence-corrected chi connectivity index (χ4v) is 1.74. The third-order valence-electron chi connectivity index (χ3n) is 2.78. The van der Waals surface area contributed by atoms with Crippen molar-refractivity contribution in [3.05, 3.63) is 53.2 Å². The number of hydrogen-bond donors (Lipinski definition) is 3. The predicted octanol–water partition coefficient (Wildman–Crippen LogP) is 1.93. The summed E-state index contributed by atoms with van der Waals surface area (Å²) in [5.74, 6) is -0.957. The number of nitrogens with two attached hydrogens (primary N) is 1. The van der Waals surface area contributed by atoms with E-state index in [1.165, 1.54) is 12.3 Å². The molecular weight excluding hydrogens is 258 g/mol. The second-order valence-electron chi connectivity index (χ2n) is 4.26. The number of carbonyl (C=O) groups excluding carboxylic acids is 1. The number of aromatic carboxylic acids is 1. The van der Waals surface area contributed by atoms with Gasteiger partial charge in [-0.25, -0.2) is 9.78 Å². The summed E-state index contributed by atoms with van der Waals surface area (Å²) >= 11 is 0. The van der Waals surface area contributed by atoms with Crippen LogP contribution in [0.4, 0.5) is 11.5 Å². The SMILES string of the molecule is Cc1cc(Nc2ccc(C(N)=O)cn2)ccc1C(=O)O. The third kappa shape index (κ3) is 2.92. The first kappa shape index (κ1) is 13.5. The average Bonchev–Trinajstić information content (AvgIpc) is 2.39. The molecule has 0 saturated heterocycles. The van der Waals surface area contributed by atoms with Crippen molar-refractivity contribution in [3.63, 3.8) is 0 Å². The van der Waals surface area contributed by atoms with Gasteiger partial charge in [-0.15, -0.1) is 0 Å². The van der Waals surface area contributed by atoms with Crippen LogP contribution in [0.1, 0.15) is 26.3 Å². The van der Waals surface area contributed by atoms with Crippen LogP contribution in [0.2, 0.25) is 0 Å². The summed E-state index contributed by atoms with van der Waals surface area (Å²) in [6.07, 6.45) is 1.38. The van der Waals surface area contributed by atoms with E-state index in [0.717, 1.165) is 0 Å². The van der Waals surface area contributed by atoms with Gasteiger partial charge in [0.05, 0.1) is 11.1 Å². The molecule has 0 bridgehead atoms. The van der Waals surface area contributed by atoms with Crippen molar-refractivity contribution in [2.24, 2.45) is 5.73 Å². The zero-order chi connectivity index (χ0) is 14.7. The zero-order valence-electron chi connectivity index (χ0n) is 10.8. The van der Waals surface area contributed by atoms with Gasteiger partial charge in [0.25, 0.3) is 0 Å². The fourth-order valence-electron chi connectivity index (χ4n) is 1.74. The molecule has 1 amide bonds. The highest BCUT2D eigenvalue weighted by Gasteiger charge is 2.07. The van der Waals surface area contributed by atoms with Crippen LogP contribution in [-0.2, 0) is 0 Å². The molecule has 0 atom stereocenters. The number of benzene rings is 1. The van der Waals surface area contributed by atoms with Crippen LogP contribution in [0, 0.1) is 6.92 Å². The zero-order valence-corrected chi connectivity index (χ0v) is 10.8. The van der Waals surface area contributed by atoms with E-state index >= 15 is 0 Å². The van der Waals surface area contributed by atoms with Gasteiger partial charge < -0.3 is 16.2 Å². The van der Waals surface area contributed by atoms with Gasteiger partial charge in [0.1, 0.15) is 5.82 Å². The molecular formula is C14H13N3O3. The van der Waals surface area contributed by atoms with E-state index < -0.39 is 11.9 Å². The smallest absolute Gasteiger partial charge is 0.335 e. The number of aromatic nitrogens is 1. The molecule has 20 heavy (non-hydrogen) atoms. The van der Waals surface area contributed by atoms with E-state index in [4.69, 9.17) is 10.8 Å². The number of anilines is 2. The lowest BCUT2D eigenvalue weighted by molar-refractivity contribution is 0.0696. The van der Waals surface area contributed by atoms with Gasteiger partial charge in [-0.1, -0.05) is 0 Å². The largest absolute Gasteiger partial charge is 0.478 e. The lowest BCUT2D eigenvalue weighted by atomic mass is 10.1. The second kappa shape index (κ2) is 5.40. The number of amides is 1.